The Hall–Kier alpha value is -3.93. The Kier molecular flexibility index (Phi) is 52.4. The monoisotopic (exact) mass is 943 g/mol. The molecule has 386 valence electrons. The Bertz CT molecular complexity index is 1410. The first-order valence-electron chi connectivity index (χ1n) is 27.9. The Morgan fingerprint density at radius 3 is 0.971 bits per heavy atom. The van der Waals surface area contributed by atoms with Gasteiger partial charge in [0, 0.05) is 19.3 Å². The molecule has 0 fully saturated rings. The molecule has 0 saturated carbocycles. The van der Waals surface area contributed by atoms with E-state index >= 15 is 0 Å². The van der Waals surface area contributed by atoms with E-state index in [1.165, 1.54) is 96.3 Å². The van der Waals surface area contributed by atoms with Crippen LogP contribution in [0.5, 0.6) is 0 Å². The van der Waals surface area contributed by atoms with Crippen molar-refractivity contribution in [2.45, 2.75) is 252 Å². The van der Waals surface area contributed by atoms with E-state index in [1.807, 2.05) is 0 Å². The maximum Gasteiger partial charge on any atom is 0.306 e. The van der Waals surface area contributed by atoms with E-state index in [4.69, 9.17) is 14.2 Å². The van der Waals surface area contributed by atoms with Crippen LogP contribution in [0.4, 0.5) is 0 Å². The quantitative estimate of drug-likeness (QED) is 0.0262. The van der Waals surface area contributed by atoms with Gasteiger partial charge in [0.25, 0.3) is 0 Å². The summed E-state index contributed by atoms with van der Waals surface area (Å²) in [6, 6.07) is 0. The predicted octanol–water partition coefficient (Wildman–Crippen LogP) is 18.7. The molecule has 68 heavy (non-hydrogen) atoms. The molecular weight excluding hydrogens is 841 g/mol. The summed E-state index contributed by atoms with van der Waals surface area (Å²) in [7, 11) is 0. The number of rotatable bonds is 49. The van der Waals surface area contributed by atoms with Gasteiger partial charge in [-0.05, 0) is 103 Å². The molecule has 0 N–H and O–H groups in total. The number of unbranched alkanes of at least 4 members (excludes halogenated alkanes) is 20. The highest BCUT2D eigenvalue weighted by molar-refractivity contribution is 5.71. The van der Waals surface area contributed by atoms with E-state index in [1.54, 1.807) is 0 Å². The van der Waals surface area contributed by atoms with Crippen molar-refractivity contribution in [1.29, 1.82) is 0 Å². The zero-order chi connectivity index (χ0) is 49.3. The van der Waals surface area contributed by atoms with Crippen LogP contribution >= 0.6 is 0 Å². The lowest BCUT2D eigenvalue weighted by molar-refractivity contribution is -0.167. The molecule has 0 saturated heterocycles. The van der Waals surface area contributed by atoms with Gasteiger partial charge in [0.15, 0.2) is 6.10 Å². The third kappa shape index (κ3) is 53.0. The summed E-state index contributed by atoms with van der Waals surface area (Å²) in [6.45, 7) is 6.42. The second kappa shape index (κ2) is 55.7. The molecular formula is C62H102O6. The molecule has 0 heterocycles. The van der Waals surface area contributed by atoms with Crippen LogP contribution < -0.4 is 0 Å². The minimum absolute atomic E-state index is 0.111. The van der Waals surface area contributed by atoms with Crippen molar-refractivity contribution in [3.05, 3.63) is 109 Å². The van der Waals surface area contributed by atoms with Crippen molar-refractivity contribution >= 4 is 17.9 Å². The minimum atomic E-state index is -0.821. The summed E-state index contributed by atoms with van der Waals surface area (Å²) < 4.78 is 16.8. The second-order valence-electron chi connectivity index (χ2n) is 18.1. The Balaban J connectivity index is 4.54. The fourth-order valence-corrected chi connectivity index (χ4v) is 7.34. The molecule has 0 rings (SSSR count). The number of ether oxygens (including phenoxy) is 3. The van der Waals surface area contributed by atoms with Gasteiger partial charge in [-0.1, -0.05) is 233 Å². The molecule has 0 aromatic heterocycles. The van der Waals surface area contributed by atoms with E-state index in [9.17, 15) is 14.4 Å². The third-order valence-electron chi connectivity index (χ3n) is 11.5. The SMILES string of the molecule is CC/C=C\C/C=C\C/C=C\C/C=C\C/C=C\CCCC(=O)O[C@@H](COC(=O)CCCCC/C=C\C/C=C\C/C=C\C/C=C\CCCCC)COC(=O)CCCCCCCCCCCCCCCC. The van der Waals surface area contributed by atoms with Gasteiger partial charge in [0.05, 0.1) is 0 Å². The number of hydrogen-bond donors (Lipinski definition) is 0. The molecule has 0 aromatic rings. The van der Waals surface area contributed by atoms with Crippen LogP contribution in [0.25, 0.3) is 0 Å². The Morgan fingerprint density at radius 2 is 0.588 bits per heavy atom. The van der Waals surface area contributed by atoms with E-state index in [2.05, 4.69) is 130 Å². The largest absolute Gasteiger partial charge is 0.462 e. The van der Waals surface area contributed by atoms with Gasteiger partial charge in [0.1, 0.15) is 13.2 Å². The van der Waals surface area contributed by atoms with Crippen molar-refractivity contribution in [2.24, 2.45) is 0 Å². The zero-order valence-corrected chi connectivity index (χ0v) is 44.1. The number of allylic oxidation sites excluding steroid dienone is 18. The average molecular weight is 943 g/mol. The molecule has 0 radical (unpaired) electrons. The number of carbonyl (C=O) groups excluding carboxylic acids is 3. The van der Waals surface area contributed by atoms with E-state index in [0.717, 1.165) is 103 Å². The minimum Gasteiger partial charge on any atom is -0.462 e. The van der Waals surface area contributed by atoms with Crippen LogP contribution in [0.2, 0.25) is 0 Å². The van der Waals surface area contributed by atoms with Gasteiger partial charge < -0.3 is 14.2 Å². The van der Waals surface area contributed by atoms with Crippen LogP contribution in [-0.4, -0.2) is 37.2 Å². The summed E-state index contributed by atoms with van der Waals surface area (Å²) in [6.07, 6.45) is 75.1. The lowest BCUT2D eigenvalue weighted by Gasteiger charge is -2.18. The van der Waals surface area contributed by atoms with Gasteiger partial charge in [-0.15, -0.1) is 0 Å². The van der Waals surface area contributed by atoms with Crippen LogP contribution in [0.15, 0.2) is 109 Å². The third-order valence-corrected chi connectivity index (χ3v) is 11.5. The molecule has 0 aromatic carbocycles. The summed E-state index contributed by atoms with van der Waals surface area (Å²) in [5.74, 6) is -1.00. The highest BCUT2D eigenvalue weighted by atomic mass is 16.6. The number of hydrogen-bond acceptors (Lipinski definition) is 6. The van der Waals surface area contributed by atoms with Crippen LogP contribution in [0.1, 0.15) is 245 Å². The van der Waals surface area contributed by atoms with Crippen molar-refractivity contribution in [2.75, 3.05) is 13.2 Å². The van der Waals surface area contributed by atoms with Crippen LogP contribution in [0, 0.1) is 0 Å². The Morgan fingerprint density at radius 1 is 0.309 bits per heavy atom. The molecule has 0 aliphatic carbocycles. The smallest absolute Gasteiger partial charge is 0.306 e. The average Bonchev–Trinajstić information content (AvgIpc) is 3.34. The molecule has 6 heteroatoms. The Labute approximate surface area is 419 Å². The lowest BCUT2D eigenvalue weighted by Crippen LogP contribution is -2.30. The van der Waals surface area contributed by atoms with Crippen LogP contribution in [0.3, 0.4) is 0 Å². The highest BCUT2D eigenvalue weighted by Gasteiger charge is 2.19. The maximum atomic E-state index is 12.8. The molecule has 6 nitrogen and oxygen atoms in total. The highest BCUT2D eigenvalue weighted by Crippen LogP contribution is 2.14. The molecule has 0 bridgehead atoms. The summed E-state index contributed by atoms with van der Waals surface area (Å²) in [4.78, 5) is 38.1. The van der Waals surface area contributed by atoms with Crippen molar-refractivity contribution in [1.82, 2.24) is 0 Å². The van der Waals surface area contributed by atoms with Gasteiger partial charge >= 0.3 is 17.9 Å². The van der Waals surface area contributed by atoms with Crippen molar-refractivity contribution in [3.8, 4) is 0 Å². The van der Waals surface area contributed by atoms with Gasteiger partial charge in [-0.2, -0.15) is 0 Å². The normalized spacial score (nSPS) is 12.9. The van der Waals surface area contributed by atoms with Crippen LogP contribution in [-0.2, 0) is 28.6 Å². The number of esters is 3. The predicted molar refractivity (Wildman–Crippen MR) is 293 cm³/mol. The summed E-state index contributed by atoms with van der Waals surface area (Å²) in [5, 5.41) is 0. The maximum absolute atomic E-state index is 12.8. The van der Waals surface area contributed by atoms with E-state index in [0.29, 0.717) is 19.3 Å². The van der Waals surface area contributed by atoms with Gasteiger partial charge in [-0.3, -0.25) is 14.4 Å². The molecule has 0 unspecified atom stereocenters. The summed E-state index contributed by atoms with van der Waals surface area (Å²) in [5.41, 5.74) is 0. The molecule has 1 atom stereocenters. The van der Waals surface area contributed by atoms with Crippen molar-refractivity contribution < 1.29 is 28.6 Å². The summed E-state index contributed by atoms with van der Waals surface area (Å²) >= 11 is 0. The number of carbonyl (C=O) groups is 3. The molecule has 0 amide bonds. The zero-order valence-electron chi connectivity index (χ0n) is 44.1. The standard InChI is InChI=1S/C62H102O6/c1-4-7-10-13-16-19-22-25-28-30-31-33-34-37-40-43-46-49-52-55-61(64)67-58-59(57-66-60(63)54-51-48-45-42-39-36-27-24-21-18-15-12-9-6-3)68-62(65)56-53-50-47-44-41-38-35-32-29-26-23-20-17-14-11-8-5-2/h8,11,16-17,19-20,25-26,28-29,31,33,35,37-38,40,44,47,59H,4-7,9-10,12-15,18,21-24,27,30,32,34,36,39,41-43,45-46,48-58H2,1-3H3/b11-8-,19-16-,20-17-,28-25-,29-26-,33-31-,38-35-,40-37-,47-44-/t59-/m1/s1. The van der Waals surface area contributed by atoms with E-state index in [-0.39, 0.29) is 37.5 Å². The molecule has 0 aliphatic rings. The van der Waals surface area contributed by atoms with E-state index < -0.39 is 6.10 Å². The second-order valence-corrected chi connectivity index (χ2v) is 18.1. The van der Waals surface area contributed by atoms with Gasteiger partial charge in [0.2, 0.25) is 0 Å². The lowest BCUT2D eigenvalue weighted by atomic mass is 10.0. The first-order valence-corrected chi connectivity index (χ1v) is 27.9. The molecule has 0 aliphatic heterocycles. The topological polar surface area (TPSA) is 78.9 Å². The van der Waals surface area contributed by atoms with Crippen molar-refractivity contribution in [3.63, 3.8) is 0 Å². The molecule has 0 spiro atoms. The fourth-order valence-electron chi connectivity index (χ4n) is 7.34. The first kappa shape index (κ1) is 64.1. The fraction of sp³-hybridized carbons (Fsp3) is 0.661. The van der Waals surface area contributed by atoms with Gasteiger partial charge in [-0.25, -0.2) is 0 Å². The first-order chi connectivity index (χ1) is 33.5.